The van der Waals surface area contributed by atoms with E-state index in [0.29, 0.717) is 18.7 Å². The summed E-state index contributed by atoms with van der Waals surface area (Å²) in [5, 5.41) is 11.4. The molecule has 0 radical (unpaired) electrons. The van der Waals surface area contributed by atoms with Crippen LogP contribution in [-0.4, -0.2) is 90.9 Å². The maximum atomic E-state index is 12.3. The van der Waals surface area contributed by atoms with Gasteiger partial charge in [0, 0.05) is 62.6 Å². The summed E-state index contributed by atoms with van der Waals surface area (Å²) < 4.78 is 57.8. The van der Waals surface area contributed by atoms with Gasteiger partial charge in [-0.05, 0) is 61.1 Å². The minimum Gasteiger partial charge on any atom is -0.475 e. The molecule has 5 rings (SSSR count). The van der Waals surface area contributed by atoms with E-state index in [1.165, 1.54) is 0 Å². The second-order valence-electron chi connectivity index (χ2n) is 10.1. The zero-order valence-electron chi connectivity index (χ0n) is 22.9. The van der Waals surface area contributed by atoms with Crippen LogP contribution in [0.5, 0.6) is 0 Å². The van der Waals surface area contributed by atoms with Gasteiger partial charge >= 0.3 is 12.1 Å². The predicted octanol–water partition coefficient (Wildman–Crippen LogP) is 2.90. The molecule has 0 aliphatic carbocycles. The Morgan fingerprint density at radius 1 is 1.10 bits per heavy atom. The van der Waals surface area contributed by atoms with Gasteiger partial charge in [0.05, 0.1) is 16.8 Å². The Bertz CT molecular complexity index is 1530. The van der Waals surface area contributed by atoms with Crippen LogP contribution < -0.4 is 16.0 Å². The molecule has 0 spiro atoms. The van der Waals surface area contributed by atoms with Crippen molar-refractivity contribution < 1.29 is 36.3 Å². The molecule has 228 valence electrons. The largest absolute Gasteiger partial charge is 0.490 e. The Morgan fingerprint density at radius 3 is 2.26 bits per heavy atom. The number of hydrogen-bond donors (Lipinski definition) is 4. The molecule has 2 aromatic heterocycles. The number of amides is 1. The number of carboxylic acid groups (broad SMARTS) is 1. The molecular weight excluding hydrogens is 577 g/mol. The van der Waals surface area contributed by atoms with Gasteiger partial charge in [0.2, 0.25) is 10.0 Å². The Kier molecular flexibility index (Phi) is 9.43. The van der Waals surface area contributed by atoms with Gasteiger partial charge in [-0.25, -0.2) is 22.5 Å². The summed E-state index contributed by atoms with van der Waals surface area (Å²) in [4.78, 5) is 31.4. The van der Waals surface area contributed by atoms with Crippen LogP contribution in [0.3, 0.4) is 0 Å². The van der Waals surface area contributed by atoms with Gasteiger partial charge in [0.1, 0.15) is 5.82 Å². The first-order valence-corrected chi connectivity index (χ1v) is 15.1. The van der Waals surface area contributed by atoms with E-state index >= 15 is 0 Å². The number of nitrogens with one attached hydrogen (secondary N) is 2. The zero-order chi connectivity index (χ0) is 30.7. The van der Waals surface area contributed by atoms with E-state index in [9.17, 15) is 26.4 Å². The van der Waals surface area contributed by atoms with Crippen molar-refractivity contribution in [1.82, 2.24) is 19.6 Å². The van der Waals surface area contributed by atoms with Crippen molar-refractivity contribution in [3.63, 3.8) is 0 Å². The highest BCUT2D eigenvalue weighted by molar-refractivity contribution is 7.89. The normalized spacial score (nSPS) is 17.1. The molecule has 1 amide bonds. The van der Waals surface area contributed by atoms with Gasteiger partial charge in [-0.1, -0.05) is 0 Å². The number of nitrogens with zero attached hydrogens (tertiary/aromatic N) is 3. The summed E-state index contributed by atoms with van der Waals surface area (Å²) in [6.45, 7) is 6.44. The maximum absolute atomic E-state index is 12.3. The number of H-pyrrole nitrogens is 1. The van der Waals surface area contributed by atoms with Crippen molar-refractivity contribution in [2.45, 2.75) is 31.9 Å². The van der Waals surface area contributed by atoms with Crippen LogP contribution in [-0.2, 0) is 14.8 Å². The van der Waals surface area contributed by atoms with Gasteiger partial charge in [-0.15, -0.1) is 0 Å². The number of hydrogen-bond acceptors (Lipinski definition) is 7. The summed E-state index contributed by atoms with van der Waals surface area (Å²) in [5.41, 5.74) is 9.84. The van der Waals surface area contributed by atoms with Crippen molar-refractivity contribution in [2.75, 3.05) is 49.9 Å². The van der Waals surface area contributed by atoms with Gasteiger partial charge in [0.15, 0.2) is 0 Å². The fourth-order valence-electron chi connectivity index (χ4n) is 5.22. The van der Waals surface area contributed by atoms with E-state index in [1.807, 2.05) is 30.6 Å². The lowest BCUT2D eigenvalue weighted by atomic mass is 9.88. The number of carbonyl (C=O) groups excluding carboxylic acids is 1. The molecule has 15 heteroatoms. The molecule has 2 saturated heterocycles. The smallest absolute Gasteiger partial charge is 0.475 e. The van der Waals surface area contributed by atoms with Gasteiger partial charge in [0.25, 0.3) is 5.91 Å². The lowest BCUT2D eigenvalue weighted by Crippen LogP contribution is -2.43. The average molecular weight is 611 g/mol. The quantitative estimate of drug-likeness (QED) is 0.331. The number of carboxylic acids is 1. The van der Waals surface area contributed by atoms with Crippen LogP contribution >= 0.6 is 0 Å². The molecule has 5 N–H and O–H groups in total. The molecule has 42 heavy (non-hydrogen) atoms. The lowest BCUT2D eigenvalue weighted by Gasteiger charge is -2.31. The SMILES string of the molecule is CCS(=O)(=O)N1CCC(c2c[nH]c3c(C(N)=O)cc(-c4ccc(N5CCNCC5)nc4)cc23)CC1.O=C(O)C(F)(F)F. The fourth-order valence-corrected chi connectivity index (χ4v) is 6.35. The number of fused-ring (bicyclic) bond motifs is 1. The number of piperazine rings is 1. The highest BCUT2D eigenvalue weighted by atomic mass is 32.2. The number of rotatable bonds is 6. The number of carbonyl (C=O) groups is 2. The molecule has 0 unspecified atom stereocenters. The van der Waals surface area contributed by atoms with Crippen LogP contribution in [0.25, 0.3) is 22.0 Å². The Morgan fingerprint density at radius 2 is 1.74 bits per heavy atom. The Labute approximate surface area is 240 Å². The standard InChI is InChI=1S/C25H32N6O3S.C2HF3O2/c1-2-35(33,34)31-9-5-17(6-10-31)22-16-29-24-20(22)13-19(14-21(24)25(26)32)18-3-4-23(28-15-18)30-11-7-27-8-12-30;3-2(4,5)1(6)7/h3-4,13-17,27,29H,2,5-12H2,1H3,(H2,26,32);(H,6,7). The minimum absolute atomic E-state index is 0.123. The van der Waals surface area contributed by atoms with E-state index in [0.717, 1.165) is 72.4 Å². The summed E-state index contributed by atoms with van der Waals surface area (Å²) in [5.74, 6) is -1.97. The summed E-state index contributed by atoms with van der Waals surface area (Å²) in [6.07, 6.45) is 0.192. The zero-order valence-corrected chi connectivity index (χ0v) is 23.8. The number of pyridine rings is 1. The first-order chi connectivity index (χ1) is 19.8. The van der Waals surface area contributed by atoms with Crippen LogP contribution in [0.1, 0.15) is 41.6 Å². The first-order valence-electron chi connectivity index (χ1n) is 13.5. The van der Waals surface area contributed by atoms with Crippen molar-refractivity contribution >= 4 is 38.6 Å². The number of halogens is 3. The monoisotopic (exact) mass is 610 g/mol. The number of aliphatic carboxylic acids is 1. The molecule has 0 saturated carbocycles. The van der Waals surface area contributed by atoms with E-state index in [1.54, 1.807) is 11.2 Å². The molecule has 1 aromatic carbocycles. The van der Waals surface area contributed by atoms with Gasteiger partial charge in [-0.3, -0.25) is 4.79 Å². The van der Waals surface area contributed by atoms with Crippen LogP contribution in [0.2, 0.25) is 0 Å². The topological polar surface area (TPSA) is 162 Å². The summed E-state index contributed by atoms with van der Waals surface area (Å²) in [6, 6.07) is 7.97. The first kappa shape index (κ1) is 31.3. The number of aromatic nitrogens is 2. The van der Waals surface area contributed by atoms with Crippen LogP contribution in [0, 0.1) is 0 Å². The van der Waals surface area contributed by atoms with E-state index in [4.69, 9.17) is 15.6 Å². The van der Waals surface area contributed by atoms with Crippen LogP contribution in [0.15, 0.2) is 36.7 Å². The van der Waals surface area contributed by atoms with Gasteiger partial charge < -0.3 is 26.0 Å². The minimum atomic E-state index is -5.08. The molecule has 0 atom stereocenters. The molecule has 2 fully saturated rings. The van der Waals surface area contributed by atoms with Crippen molar-refractivity contribution in [3.05, 3.63) is 47.8 Å². The van der Waals surface area contributed by atoms with Crippen molar-refractivity contribution in [1.29, 1.82) is 0 Å². The Hall–Kier alpha value is -3.69. The number of primary amides is 1. The van der Waals surface area contributed by atoms with Crippen LogP contribution in [0.4, 0.5) is 19.0 Å². The summed E-state index contributed by atoms with van der Waals surface area (Å²) in [7, 11) is -3.18. The highest BCUT2D eigenvalue weighted by Gasteiger charge is 2.38. The van der Waals surface area contributed by atoms with Crippen molar-refractivity contribution in [3.8, 4) is 11.1 Å². The number of piperidine rings is 1. The number of sulfonamides is 1. The lowest BCUT2D eigenvalue weighted by molar-refractivity contribution is -0.192. The number of alkyl halides is 3. The molecular formula is C27H33F3N6O5S. The third kappa shape index (κ3) is 7.02. The molecule has 11 nitrogen and oxygen atoms in total. The maximum Gasteiger partial charge on any atom is 0.490 e. The van der Waals surface area contributed by atoms with Crippen molar-refractivity contribution in [2.24, 2.45) is 5.73 Å². The molecule has 3 aromatic rings. The molecule has 2 aliphatic rings. The Balaban J connectivity index is 0.000000517. The second kappa shape index (κ2) is 12.7. The number of aromatic amines is 1. The number of anilines is 1. The number of nitrogens with two attached hydrogens (primary N) is 1. The molecule has 4 heterocycles. The third-order valence-corrected chi connectivity index (χ3v) is 9.39. The average Bonchev–Trinajstić information content (AvgIpc) is 3.41. The van der Waals surface area contributed by atoms with E-state index in [2.05, 4.69) is 26.3 Å². The highest BCUT2D eigenvalue weighted by Crippen LogP contribution is 2.37. The third-order valence-electron chi connectivity index (χ3n) is 7.50. The predicted molar refractivity (Wildman–Crippen MR) is 152 cm³/mol. The fraction of sp³-hybridized carbons (Fsp3) is 0.444. The van der Waals surface area contributed by atoms with E-state index in [-0.39, 0.29) is 11.7 Å². The van der Waals surface area contributed by atoms with E-state index < -0.39 is 28.1 Å². The second-order valence-corrected chi connectivity index (χ2v) is 12.3. The molecule has 0 bridgehead atoms. The van der Waals surface area contributed by atoms with Gasteiger partial charge in [-0.2, -0.15) is 13.2 Å². The number of benzene rings is 1. The summed E-state index contributed by atoms with van der Waals surface area (Å²) >= 11 is 0. The molecule has 2 aliphatic heterocycles.